The second kappa shape index (κ2) is 9.55. The van der Waals surface area contributed by atoms with Crippen molar-refractivity contribution < 1.29 is 13.2 Å². The number of fused-ring (bicyclic) bond motifs is 1. The smallest absolute Gasteiger partial charge is 0.252 e. The van der Waals surface area contributed by atoms with E-state index < -0.39 is 9.84 Å². The fourth-order valence-corrected chi connectivity index (χ4v) is 4.89. The highest BCUT2D eigenvalue weighted by atomic mass is 32.2. The Balaban J connectivity index is 1.93. The highest BCUT2D eigenvalue weighted by Gasteiger charge is 2.25. The third kappa shape index (κ3) is 5.12. The van der Waals surface area contributed by atoms with Gasteiger partial charge in [-0.25, -0.2) is 13.4 Å². The van der Waals surface area contributed by atoms with E-state index >= 15 is 0 Å². The number of para-hydroxylation sites is 1. The summed E-state index contributed by atoms with van der Waals surface area (Å²) in [6.45, 7) is 2.01. The van der Waals surface area contributed by atoms with Crippen LogP contribution in [0.3, 0.4) is 0 Å². The zero-order chi connectivity index (χ0) is 23.4. The molecule has 5 nitrogen and oxygen atoms in total. The minimum absolute atomic E-state index is 0.197. The predicted molar refractivity (Wildman–Crippen MR) is 133 cm³/mol. The fourth-order valence-electron chi connectivity index (χ4n) is 4.09. The molecule has 4 aromatic rings. The molecule has 0 fully saturated rings. The van der Waals surface area contributed by atoms with E-state index in [0.717, 1.165) is 11.1 Å². The van der Waals surface area contributed by atoms with Gasteiger partial charge in [-0.1, -0.05) is 85.8 Å². The number of nitrogens with zero attached hydrogens (tertiary/aromatic N) is 1. The normalized spacial score (nSPS) is 12.4. The number of sulfone groups is 1. The Bertz CT molecular complexity index is 1390. The van der Waals surface area contributed by atoms with Crippen molar-refractivity contribution in [2.45, 2.75) is 25.1 Å². The maximum absolute atomic E-state index is 13.8. The zero-order valence-corrected chi connectivity index (χ0v) is 19.5. The minimum Gasteiger partial charge on any atom is -0.345 e. The zero-order valence-electron chi connectivity index (χ0n) is 18.7. The molecule has 0 saturated heterocycles. The molecule has 1 amide bonds. The predicted octanol–water partition coefficient (Wildman–Crippen LogP) is 5.33. The number of aromatic nitrogens is 1. The quantitative estimate of drug-likeness (QED) is 0.406. The van der Waals surface area contributed by atoms with Gasteiger partial charge >= 0.3 is 0 Å². The van der Waals surface area contributed by atoms with Gasteiger partial charge in [0.1, 0.15) is 0 Å². The van der Waals surface area contributed by atoms with Crippen molar-refractivity contribution in [3.8, 4) is 11.3 Å². The monoisotopic (exact) mass is 458 g/mol. The Morgan fingerprint density at radius 3 is 2.15 bits per heavy atom. The van der Waals surface area contributed by atoms with Crippen molar-refractivity contribution in [1.82, 2.24) is 10.3 Å². The summed E-state index contributed by atoms with van der Waals surface area (Å²) in [6, 6.07) is 26.3. The summed E-state index contributed by atoms with van der Waals surface area (Å²) in [5.41, 5.74) is 3.71. The van der Waals surface area contributed by atoms with Crippen LogP contribution in [0.5, 0.6) is 0 Å². The Kier molecular flexibility index (Phi) is 6.56. The van der Waals surface area contributed by atoms with E-state index in [0.29, 0.717) is 34.1 Å². The molecule has 168 valence electrons. The number of carbonyl (C=O) groups excluding carboxylic acids is 1. The summed E-state index contributed by atoms with van der Waals surface area (Å²) in [4.78, 5) is 18.5. The van der Waals surface area contributed by atoms with Gasteiger partial charge in [-0.15, -0.1) is 0 Å². The van der Waals surface area contributed by atoms with E-state index in [1.54, 1.807) is 0 Å². The van der Waals surface area contributed by atoms with E-state index in [2.05, 4.69) is 5.32 Å². The maximum Gasteiger partial charge on any atom is 0.252 e. The number of benzene rings is 3. The van der Waals surface area contributed by atoms with Crippen molar-refractivity contribution in [2.75, 3.05) is 6.26 Å². The molecule has 0 unspecified atom stereocenters. The average Bonchev–Trinajstić information content (AvgIpc) is 2.82. The first-order valence-electron chi connectivity index (χ1n) is 10.9. The first-order chi connectivity index (χ1) is 15.9. The largest absolute Gasteiger partial charge is 0.345 e. The molecule has 1 heterocycles. The van der Waals surface area contributed by atoms with Gasteiger partial charge in [0, 0.05) is 22.8 Å². The number of pyridine rings is 1. The Morgan fingerprint density at radius 2 is 1.52 bits per heavy atom. The van der Waals surface area contributed by atoms with E-state index in [1.165, 1.54) is 6.26 Å². The molecule has 0 radical (unpaired) electrons. The Labute approximate surface area is 194 Å². The van der Waals surface area contributed by atoms with Gasteiger partial charge in [-0.2, -0.15) is 0 Å². The summed E-state index contributed by atoms with van der Waals surface area (Å²) < 4.78 is 24.9. The van der Waals surface area contributed by atoms with E-state index in [1.807, 2.05) is 91.9 Å². The van der Waals surface area contributed by atoms with Crippen LogP contribution in [0.15, 0.2) is 84.9 Å². The van der Waals surface area contributed by atoms with Crippen molar-refractivity contribution >= 4 is 26.6 Å². The lowest BCUT2D eigenvalue weighted by atomic mass is 9.96. The van der Waals surface area contributed by atoms with E-state index in [9.17, 15) is 13.2 Å². The third-order valence-corrected chi connectivity index (χ3v) is 6.40. The lowest BCUT2D eigenvalue weighted by Gasteiger charge is -2.21. The molecule has 4 rings (SSSR count). The van der Waals surface area contributed by atoms with Crippen LogP contribution < -0.4 is 5.32 Å². The first-order valence-corrected chi connectivity index (χ1v) is 12.9. The van der Waals surface area contributed by atoms with Crippen molar-refractivity contribution in [3.05, 3.63) is 102 Å². The molecule has 0 aliphatic carbocycles. The summed E-state index contributed by atoms with van der Waals surface area (Å²) >= 11 is 0. The molecule has 3 aromatic carbocycles. The molecule has 0 aliphatic rings. The molecule has 1 aromatic heterocycles. The number of rotatable bonds is 7. The van der Waals surface area contributed by atoms with Gasteiger partial charge in [0.2, 0.25) is 0 Å². The van der Waals surface area contributed by atoms with Crippen LogP contribution in [0.1, 0.15) is 40.9 Å². The molecule has 33 heavy (non-hydrogen) atoms. The highest BCUT2D eigenvalue weighted by molar-refractivity contribution is 7.89. The van der Waals surface area contributed by atoms with Crippen LogP contribution >= 0.6 is 0 Å². The molecule has 0 aliphatic heterocycles. The number of hydrogen-bond acceptors (Lipinski definition) is 4. The standard InChI is InChI=1S/C27H26N2O3S/c1-3-23(19-12-6-4-7-13-19)29-27(30)25-21-16-10-11-17-24(21)28-26(20-14-8-5-9-15-20)22(25)18-33(2,31)32/h4-17,23H,3,18H2,1-2H3,(H,29,30)/t23-/m1/s1. The molecule has 6 heteroatoms. The molecular formula is C27H26N2O3S. The SMILES string of the molecule is CC[C@@H](NC(=O)c1c(CS(C)(=O)=O)c(-c2ccccc2)nc2ccccc12)c1ccccc1. The third-order valence-electron chi connectivity index (χ3n) is 5.59. The average molecular weight is 459 g/mol. The number of amides is 1. The number of carbonyl (C=O) groups is 1. The molecule has 1 N–H and O–H groups in total. The molecule has 0 saturated carbocycles. The maximum atomic E-state index is 13.8. The molecule has 0 bridgehead atoms. The van der Waals surface area contributed by atoms with Gasteiger partial charge in [-0.3, -0.25) is 4.79 Å². The van der Waals surface area contributed by atoms with Crippen LogP contribution in [0.4, 0.5) is 0 Å². The Hall–Kier alpha value is -3.51. The fraction of sp³-hybridized carbons (Fsp3) is 0.185. The van der Waals surface area contributed by atoms with Crippen molar-refractivity contribution in [2.24, 2.45) is 0 Å². The van der Waals surface area contributed by atoms with E-state index in [-0.39, 0.29) is 17.7 Å². The molecule has 0 spiro atoms. The van der Waals surface area contributed by atoms with Crippen LogP contribution in [0.25, 0.3) is 22.2 Å². The van der Waals surface area contributed by atoms with Crippen LogP contribution in [0.2, 0.25) is 0 Å². The second-order valence-electron chi connectivity index (χ2n) is 8.11. The van der Waals surface area contributed by atoms with Crippen molar-refractivity contribution in [3.63, 3.8) is 0 Å². The summed E-state index contributed by atoms with van der Waals surface area (Å²) in [5, 5.41) is 3.77. The first kappa shape index (κ1) is 22.7. The van der Waals surface area contributed by atoms with Gasteiger partial charge in [0.15, 0.2) is 9.84 Å². The lowest BCUT2D eigenvalue weighted by molar-refractivity contribution is 0.0936. The van der Waals surface area contributed by atoms with E-state index in [4.69, 9.17) is 4.98 Å². The summed E-state index contributed by atoms with van der Waals surface area (Å²) in [6.07, 6.45) is 1.88. The number of hydrogen-bond donors (Lipinski definition) is 1. The van der Waals surface area contributed by atoms with Gasteiger partial charge in [0.25, 0.3) is 5.91 Å². The Morgan fingerprint density at radius 1 is 0.909 bits per heavy atom. The van der Waals surface area contributed by atoms with Crippen LogP contribution in [0, 0.1) is 0 Å². The van der Waals surface area contributed by atoms with Crippen LogP contribution in [-0.4, -0.2) is 25.6 Å². The van der Waals surface area contributed by atoms with Gasteiger partial charge in [-0.05, 0) is 18.1 Å². The van der Waals surface area contributed by atoms with Gasteiger partial charge < -0.3 is 5.32 Å². The number of nitrogens with one attached hydrogen (secondary N) is 1. The summed E-state index contributed by atoms with van der Waals surface area (Å²) in [7, 11) is -3.44. The lowest BCUT2D eigenvalue weighted by Crippen LogP contribution is -2.30. The molecule has 1 atom stereocenters. The van der Waals surface area contributed by atoms with Crippen molar-refractivity contribution in [1.29, 1.82) is 0 Å². The topological polar surface area (TPSA) is 76.1 Å². The minimum atomic E-state index is -3.44. The van der Waals surface area contributed by atoms with Crippen LogP contribution in [-0.2, 0) is 15.6 Å². The molecular weight excluding hydrogens is 432 g/mol. The summed E-state index contributed by atoms with van der Waals surface area (Å²) in [5.74, 6) is -0.583. The highest BCUT2D eigenvalue weighted by Crippen LogP contribution is 2.32. The van der Waals surface area contributed by atoms with Gasteiger partial charge in [0.05, 0.1) is 28.6 Å². The second-order valence-corrected chi connectivity index (χ2v) is 10.3.